The molecular weight excluding hydrogens is 292 g/mol. The van der Waals surface area contributed by atoms with Gasteiger partial charge in [-0.3, -0.25) is 0 Å². The molecule has 0 aliphatic heterocycles. The van der Waals surface area contributed by atoms with Crippen molar-refractivity contribution in [3.05, 3.63) is 45.5 Å². The van der Waals surface area contributed by atoms with E-state index in [-0.39, 0.29) is 6.04 Å². The summed E-state index contributed by atoms with van der Waals surface area (Å²) in [7, 11) is 0. The molecule has 0 fully saturated rings. The van der Waals surface area contributed by atoms with E-state index in [1.54, 1.807) is 17.6 Å². The van der Waals surface area contributed by atoms with Crippen LogP contribution in [0.15, 0.2) is 34.9 Å². The first kappa shape index (κ1) is 15.6. The second-order valence-electron chi connectivity index (χ2n) is 4.57. The Morgan fingerprint density at radius 3 is 2.65 bits per heavy atom. The average Bonchev–Trinajstić information content (AvgIpc) is 3.11. The molecule has 20 heavy (non-hydrogen) atoms. The Labute approximate surface area is 129 Å². The summed E-state index contributed by atoms with van der Waals surface area (Å²) in [5, 5.41) is 3.57. The molecule has 0 aliphatic rings. The van der Waals surface area contributed by atoms with Crippen LogP contribution in [0.5, 0.6) is 0 Å². The van der Waals surface area contributed by atoms with Crippen molar-refractivity contribution in [2.45, 2.75) is 19.9 Å². The summed E-state index contributed by atoms with van der Waals surface area (Å²) in [4.78, 5) is 3.58. The number of halogens is 1. The Morgan fingerprint density at radius 2 is 2.10 bits per heavy atom. The van der Waals surface area contributed by atoms with E-state index < -0.39 is 0 Å². The molecule has 2 aromatic rings. The largest absolute Gasteiger partial charge is 0.467 e. The summed E-state index contributed by atoms with van der Waals surface area (Å²) in [6.45, 7) is 8.48. The van der Waals surface area contributed by atoms with Gasteiger partial charge in [-0.15, -0.1) is 11.3 Å². The number of furan rings is 1. The van der Waals surface area contributed by atoms with Crippen molar-refractivity contribution < 1.29 is 4.42 Å². The fourth-order valence-corrected chi connectivity index (χ4v) is 3.33. The summed E-state index contributed by atoms with van der Waals surface area (Å²) in [6.07, 6.45) is 1.71. The molecule has 0 saturated carbocycles. The molecule has 1 atom stereocenters. The van der Waals surface area contributed by atoms with Crippen LogP contribution in [0.25, 0.3) is 0 Å². The second kappa shape index (κ2) is 7.84. The van der Waals surface area contributed by atoms with E-state index in [4.69, 9.17) is 16.0 Å². The van der Waals surface area contributed by atoms with Gasteiger partial charge >= 0.3 is 0 Å². The lowest BCUT2D eigenvalue weighted by atomic mass is 10.2. The Morgan fingerprint density at radius 1 is 1.30 bits per heavy atom. The van der Waals surface area contributed by atoms with Crippen molar-refractivity contribution in [1.29, 1.82) is 0 Å². The molecule has 0 bridgehead atoms. The van der Waals surface area contributed by atoms with Gasteiger partial charge in [0.25, 0.3) is 0 Å². The molecule has 2 heterocycles. The second-order valence-corrected chi connectivity index (χ2v) is 6.32. The van der Waals surface area contributed by atoms with Crippen LogP contribution in [0.1, 0.15) is 30.5 Å². The SMILES string of the molecule is CCN(CC)CCNC(c1ccco1)c1ccc(Cl)s1. The Balaban J connectivity index is 2.01. The summed E-state index contributed by atoms with van der Waals surface area (Å²) in [5.41, 5.74) is 0. The third-order valence-electron chi connectivity index (χ3n) is 3.38. The normalized spacial score (nSPS) is 13.0. The molecule has 110 valence electrons. The number of thiophene rings is 1. The van der Waals surface area contributed by atoms with Crippen LogP contribution in [-0.4, -0.2) is 31.1 Å². The molecule has 3 nitrogen and oxygen atoms in total. The third-order valence-corrected chi connectivity index (χ3v) is 4.67. The number of rotatable bonds is 8. The van der Waals surface area contributed by atoms with Gasteiger partial charge in [0, 0.05) is 18.0 Å². The average molecular weight is 313 g/mol. The Bertz CT molecular complexity index is 494. The number of likely N-dealkylation sites (N-methyl/N-ethyl adjacent to an activating group) is 1. The zero-order chi connectivity index (χ0) is 14.4. The molecule has 0 aliphatic carbocycles. The molecule has 1 N–H and O–H groups in total. The molecule has 0 saturated heterocycles. The first-order valence-corrected chi connectivity index (χ1v) is 8.18. The van der Waals surface area contributed by atoms with Crippen LogP contribution >= 0.6 is 22.9 Å². The molecule has 0 radical (unpaired) electrons. The fourth-order valence-electron chi connectivity index (χ4n) is 2.19. The quantitative estimate of drug-likeness (QED) is 0.798. The van der Waals surface area contributed by atoms with Crippen LogP contribution in [0, 0.1) is 0 Å². The lowest BCUT2D eigenvalue weighted by Crippen LogP contribution is -2.33. The molecule has 0 amide bonds. The van der Waals surface area contributed by atoms with Gasteiger partial charge in [-0.05, 0) is 37.4 Å². The predicted octanol–water partition coefficient (Wildman–Crippen LogP) is 4.02. The van der Waals surface area contributed by atoms with Crippen molar-refractivity contribution >= 4 is 22.9 Å². The summed E-state index contributed by atoms with van der Waals surface area (Å²) >= 11 is 7.64. The number of nitrogens with zero attached hydrogens (tertiary/aromatic N) is 1. The van der Waals surface area contributed by atoms with Gasteiger partial charge < -0.3 is 14.6 Å². The minimum atomic E-state index is 0.0815. The standard InChI is InChI=1S/C15H21ClN2OS/c1-3-18(4-2)10-9-17-15(12-6-5-11-19-12)13-7-8-14(16)20-13/h5-8,11,15,17H,3-4,9-10H2,1-2H3. The van der Waals surface area contributed by atoms with Gasteiger partial charge in [-0.25, -0.2) is 0 Å². The maximum Gasteiger partial charge on any atom is 0.126 e. The summed E-state index contributed by atoms with van der Waals surface area (Å²) < 4.78 is 6.36. The van der Waals surface area contributed by atoms with Gasteiger partial charge in [-0.2, -0.15) is 0 Å². The van der Waals surface area contributed by atoms with E-state index in [0.717, 1.165) is 36.3 Å². The van der Waals surface area contributed by atoms with Crippen molar-refractivity contribution in [1.82, 2.24) is 10.2 Å². The summed E-state index contributed by atoms with van der Waals surface area (Å²) in [5.74, 6) is 0.933. The van der Waals surface area contributed by atoms with Crippen molar-refractivity contribution in [3.8, 4) is 0 Å². The lowest BCUT2D eigenvalue weighted by molar-refractivity contribution is 0.296. The monoisotopic (exact) mass is 312 g/mol. The Kier molecular flexibility index (Phi) is 6.10. The summed E-state index contributed by atoms with van der Waals surface area (Å²) in [6, 6.07) is 8.00. The van der Waals surface area contributed by atoms with E-state index in [1.807, 2.05) is 18.2 Å². The highest BCUT2D eigenvalue weighted by atomic mass is 35.5. The van der Waals surface area contributed by atoms with Crippen LogP contribution in [0.3, 0.4) is 0 Å². The predicted molar refractivity (Wildman–Crippen MR) is 85.7 cm³/mol. The molecular formula is C15H21ClN2OS. The fraction of sp³-hybridized carbons (Fsp3) is 0.467. The highest BCUT2D eigenvalue weighted by Gasteiger charge is 2.18. The number of hydrogen-bond acceptors (Lipinski definition) is 4. The van der Waals surface area contributed by atoms with E-state index in [2.05, 4.69) is 30.1 Å². The molecule has 1 unspecified atom stereocenters. The van der Waals surface area contributed by atoms with Crippen molar-refractivity contribution in [2.75, 3.05) is 26.2 Å². The van der Waals surface area contributed by atoms with E-state index in [0.29, 0.717) is 0 Å². The van der Waals surface area contributed by atoms with Crippen LogP contribution < -0.4 is 5.32 Å². The molecule has 2 rings (SSSR count). The maximum absolute atomic E-state index is 6.05. The smallest absolute Gasteiger partial charge is 0.126 e. The van der Waals surface area contributed by atoms with Gasteiger partial charge in [0.1, 0.15) is 11.8 Å². The third kappa shape index (κ3) is 4.09. The highest BCUT2D eigenvalue weighted by molar-refractivity contribution is 7.16. The van der Waals surface area contributed by atoms with E-state index >= 15 is 0 Å². The van der Waals surface area contributed by atoms with Crippen LogP contribution in [0.4, 0.5) is 0 Å². The highest BCUT2D eigenvalue weighted by Crippen LogP contribution is 2.31. The first-order valence-electron chi connectivity index (χ1n) is 6.99. The van der Waals surface area contributed by atoms with Gasteiger partial charge in [0.2, 0.25) is 0 Å². The van der Waals surface area contributed by atoms with Gasteiger partial charge in [0.15, 0.2) is 0 Å². The number of nitrogens with one attached hydrogen (secondary N) is 1. The molecule has 0 spiro atoms. The molecule has 0 aromatic carbocycles. The topological polar surface area (TPSA) is 28.4 Å². The minimum Gasteiger partial charge on any atom is -0.467 e. The van der Waals surface area contributed by atoms with Gasteiger partial charge in [0.05, 0.1) is 10.6 Å². The molecule has 2 aromatic heterocycles. The van der Waals surface area contributed by atoms with E-state index in [9.17, 15) is 0 Å². The first-order chi connectivity index (χ1) is 9.74. The Hall–Kier alpha value is -0.810. The van der Waals surface area contributed by atoms with E-state index in [1.165, 1.54) is 4.88 Å². The van der Waals surface area contributed by atoms with Crippen molar-refractivity contribution in [2.24, 2.45) is 0 Å². The molecule has 5 heteroatoms. The lowest BCUT2D eigenvalue weighted by Gasteiger charge is -2.21. The van der Waals surface area contributed by atoms with Gasteiger partial charge in [-0.1, -0.05) is 25.4 Å². The zero-order valence-electron chi connectivity index (χ0n) is 11.9. The number of hydrogen-bond donors (Lipinski definition) is 1. The maximum atomic E-state index is 6.05. The van der Waals surface area contributed by atoms with Crippen LogP contribution in [-0.2, 0) is 0 Å². The van der Waals surface area contributed by atoms with Crippen LogP contribution in [0.2, 0.25) is 4.34 Å². The zero-order valence-corrected chi connectivity index (χ0v) is 13.5. The minimum absolute atomic E-state index is 0.0815. The van der Waals surface area contributed by atoms with Crippen molar-refractivity contribution in [3.63, 3.8) is 0 Å².